The second-order valence-electron chi connectivity index (χ2n) is 7.18. The highest BCUT2D eigenvalue weighted by molar-refractivity contribution is 5.32. The van der Waals surface area contributed by atoms with Gasteiger partial charge in [-0.3, -0.25) is 9.48 Å². The van der Waals surface area contributed by atoms with Crippen molar-refractivity contribution in [2.24, 2.45) is 7.05 Å². The lowest BCUT2D eigenvalue weighted by molar-refractivity contribution is -0.122. The van der Waals surface area contributed by atoms with Gasteiger partial charge >= 0.3 is 0 Å². The quantitative estimate of drug-likeness (QED) is 0.422. The molecule has 0 spiro atoms. The van der Waals surface area contributed by atoms with Gasteiger partial charge in [0.05, 0.1) is 12.0 Å². The number of carbonyl (C=O) groups is 1. The van der Waals surface area contributed by atoms with Crippen molar-refractivity contribution >= 4 is 6.47 Å². The number of carboxylic acid groups (broad SMARTS) is 1. The number of aromatic nitrogens is 7. The number of imidazole rings is 1. The van der Waals surface area contributed by atoms with Gasteiger partial charge in [0.15, 0.2) is 5.82 Å². The Kier molecular flexibility index (Phi) is 7.69. The Balaban J connectivity index is 0.000000858. The molecule has 0 saturated carbocycles. The molecule has 31 heavy (non-hydrogen) atoms. The smallest absolute Gasteiger partial charge is 0.290 e. The predicted octanol–water partition coefficient (Wildman–Crippen LogP) is 2.36. The van der Waals surface area contributed by atoms with Crippen molar-refractivity contribution in [3.05, 3.63) is 83.2 Å². The van der Waals surface area contributed by atoms with Crippen molar-refractivity contribution in [1.29, 1.82) is 0 Å². The van der Waals surface area contributed by atoms with Crippen LogP contribution in [0.5, 0.6) is 0 Å². The van der Waals surface area contributed by atoms with E-state index in [4.69, 9.17) is 20.0 Å². The summed E-state index contributed by atoms with van der Waals surface area (Å²) in [6.45, 7) is 2.56. The molecule has 0 fully saturated rings. The first-order valence-corrected chi connectivity index (χ1v) is 10.1. The molecule has 162 valence electrons. The van der Waals surface area contributed by atoms with Crippen molar-refractivity contribution in [2.45, 2.75) is 39.2 Å². The average Bonchev–Trinajstić information content (AvgIpc) is 3.48. The summed E-state index contributed by atoms with van der Waals surface area (Å²) in [5.41, 5.74) is 4.63. The fraction of sp³-hybridized carbons (Fsp3) is 0.318. The fourth-order valence-corrected chi connectivity index (χ4v) is 3.38. The minimum Gasteiger partial charge on any atom is -0.483 e. The molecule has 3 aromatic heterocycles. The van der Waals surface area contributed by atoms with Crippen LogP contribution in [0.1, 0.15) is 34.2 Å². The molecule has 0 unspecified atom stereocenters. The molecule has 9 heteroatoms. The van der Waals surface area contributed by atoms with Gasteiger partial charge in [0.25, 0.3) is 6.47 Å². The van der Waals surface area contributed by atoms with Crippen LogP contribution in [0.3, 0.4) is 0 Å². The number of hydrogen-bond donors (Lipinski definition) is 2. The number of aryl methyl sites for hydroxylation is 6. The van der Waals surface area contributed by atoms with Crippen LogP contribution in [-0.2, 0) is 44.1 Å². The maximum Gasteiger partial charge on any atom is 0.290 e. The highest BCUT2D eigenvalue weighted by Gasteiger charge is 2.14. The van der Waals surface area contributed by atoms with Crippen LogP contribution in [0, 0.1) is 6.92 Å². The zero-order valence-electron chi connectivity index (χ0n) is 17.8. The average molecular weight is 422 g/mol. The Labute approximate surface area is 180 Å². The first-order chi connectivity index (χ1) is 15.1. The Morgan fingerprint density at radius 3 is 2.55 bits per heavy atom. The molecular weight excluding hydrogens is 394 g/mol. The minimum absolute atomic E-state index is 0.250. The third kappa shape index (κ3) is 6.36. The van der Waals surface area contributed by atoms with Crippen molar-refractivity contribution in [3.63, 3.8) is 0 Å². The number of rotatable bonds is 8. The second kappa shape index (κ2) is 10.9. The largest absolute Gasteiger partial charge is 0.483 e. The molecule has 0 saturated heterocycles. The maximum atomic E-state index is 8.36. The summed E-state index contributed by atoms with van der Waals surface area (Å²) in [6, 6.07) is 10.5. The van der Waals surface area contributed by atoms with E-state index in [0.29, 0.717) is 0 Å². The van der Waals surface area contributed by atoms with Gasteiger partial charge in [-0.1, -0.05) is 30.3 Å². The Bertz CT molecular complexity index is 1070. The van der Waals surface area contributed by atoms with Crippen LogP contribution < -0.4 is 0 Å². The Morgan fingerprint density at radius 1 is 1.13 bits per heavy atom. The Morgan fingerprint density at radius 2 is 1.90 bits per heavy atom. The second-order valence-corrected chi connectivity index (χ2v) is 7.18. The summed E-state index contributed by atoms with van der Waals surface area (Å²) >= 11 is 0. The zero-order valence-corrected chi connectivity index (χ0v) is 17.8. The predicted molar refractivity (Wildman–Crippen MR) is 116 cm³/mol. The first kappa shape index (κ1) is 21.9. The molecule has 0 atom stereocenters. The molecule has 2 N–H and O–H groups in total. The van der Waals surface area contributed by atoms with E-state index in [0.717, 1.165) is 55.3 Å². The van der Waals surface area contributed by atoms with E-state index >= 15 is 0 Å². The standard InChI is InChI=1S/C21H25N7.CH2O2/c1-16-18(14-27(2)25-16)12-21-24-20(9-8-17-6-4-3-5-7-17)26-28(21)11-10-19-13-22-15-23-19;2-1-3/h3-7,13-15H,8-12H2,1-2H3,(H,22,23);1H,(H,2,3). The lowest BCUT2D eigenvalue weighted by atomic mass is 10.1. The van der Waals surface area contributed by atoms with Crippen LogP contribution in [0.4, 0.5) is 0 Å². The van der Waals surface area contributed by atoms with E-state index in [1.54, 1.807) is 6.33 Å². The summed E-state index contributed by atoms with van der Waals surface area (Å²) < 4.78 is 3.89. The van der Waals surface area contributed by atoms with Gasteiger partial charge in [0, 0.05) is 56.5 Å². The van der Waals surface area contributed by atoms with Gasteiger partial charge in [-0.25, -0.2) is 14.6 Å². The topological polar surface area (TPSA) is 115 Å². The molecule has 9 nitrogen and oxygen atoms in total. The minimum atomic E-state index is -0.250. The van der Waals surface area contributed by atoms with Gasteiger partial charge in [0.1, 0.15) is 5.82 Å². The molecule has 1 aromatic carbocycles. The summed E-state index contributed by atoms with van der Waals surface area (Å²) in [5, 5.41) is 16.1. The molecule has 3 heterocycles. The number of nitrogens with one attached hydrogen (secondary N) is 1. The van der Waals surface area contributed by atoms with Crippen LogP contribution in [-0.4, -0.2) is 46.1 Å². The molecule has 4 rings (SSSR count). The Hall–Kier alpha value is -3.75. The number of aromatic amines is 1. The number of H-pyrrole nitrogens is 1. The van der Waals surface area contributed by atoms with Gasteiger partial charge in [-0.2, -0.15) is 10.2 Å². The maximum absolute atomic E-state index is 8.36. The molecule has 0 bridgehead atoms. The van der Waals surface area contributed by atoms with Crippen molar-refractivity contribution < 1.29 is 9.90 Å². The van der Waals surface area contributed by atoms with E-state index in [2.05, 4.69) is 45.5 Å². The van der Waals surface area contributed by atoms with Crippen LogP contribution in [0.2, 0.25) is 0 Å². The van der Waals surface area contributed by atoms with E-state index in [1.165, 1.54) is 11.1 Å². The normalized spacial score (nSPS) is 10.5. The number of benzene rings is 1. The summed E-state index contributed by atoms with van der Waals surface area (Å²) in [4.78, 5) is 20.5. The first-order valence-electron chi connectivity index (χ1n) is 10.1. The highest BCUT2D eigenvalue weighted by atomic mass is 16.3. The van der Waals surface area contributed by atoms with Gasteiger partial charge in [-0.05, 0) is 18.9 Å². The lowest BCUT2D eigenvalue weighted by Crippen LogP contribution is -2.09. The SMILES string of the molecule is Cc1nn(C)cc1Cc1nc(CCc2ccccc2)nn1CCc1cnc[nH]1.O=CO. The van der Waals surface area contributed by atoms with Crippen molar-refractivity contribution in [2.75, 3.05) is 0 Å². The zero-order chi connectivity index (χ0) is 22.1. The molecule has 0 aliphatic carbocycles. The highest BCUT2D eigenvalue weighted by Crippen LogP contribution is 2.13. The molecule has 0 radical (unpaired) electrons. The van der Waals surface area contributed by atoms with E-state index in [1.807, 2.05) is 35.6 Å². The fourth-order valence-electron chi connectivity index (χ4n) is 3.38. The molecule has 0 amide bonds. The number of nitrogens with zero attached hydrogens (tertiary/aromatic N) is 6. The van der Waals surface area contributed by atoms with E-state index < -0.39 is 0 Å². The third-order valence-electron chi connectivity index (χ3n) is 4.88. The van der Waals surface area contributed by atoms with Crippen LogP contribution in [0.25, 0.3) is 0 Å². The number of hydrogen-bond acceptors (Lipinski definition) is 5. The monoisotopic (exact) mass is 421 g/mol. The van der Waals surface area contributed by atoms with Gasteiger partial charge in [0.2, 0.25) is 0 Å². The summed E-state index contributed by atoms with van der Waals surface area (Å²) in [5.74, 6) is 1.88. The van der Waals surface area contributed by atoms with E-state index in [9.17, 15) is 0 Å². The van der Waals surface area contributed by atoms with Gasteiger partial charge in [-0.15, -0.1) is 0 Å². The van der Waals surface area contributed by atoms with Crippen molar-refractivity contribution in [3.8, 4) is 0 Å². The third-order valence-corrected chi connectivity index (χ3v) is 4.88. The van der Waals surface area contributed by atoms with Crippen molar-refractivity contribution in [1.82, 2.24) is 34.5 Å². The summed E-state index contributed by atoms with van der Waals surface area (Å²) in [7, 11) is 1.95. The van der Waals surface area contributed by atoms with E-state index in [-0.39, 0.29) is 6.47 Å². The molecule has 4 aromatic rings. The van der Waals surface area contributed by atoms with Crippen LogP contribution >= 0.6 is 0 Å². The summed E-state index contributed by atoms with van der Waals surface area (Å²) in [6.07, 6.45) is 8.99. The van der Waals surface area contributed by atoms with Crippen LogP contribution in [0.15, 0.2) is 49.1 Å². The molecule has 0 aliphatic rings. The lowest BCUT2D eigenvalue weighted by Gasteiger charge is -2.04. The molecule has 0 aliphatic heterocycles. The van der Waals surface area contributed by atoms with Gasteiger partial charge < -0.3 is 10.1 Å². The molecular formula is C22H27N7O2.